The van der Waals surface area contributed by atoms with Crippen LogP contribution in [-0.4, -0.2) is 36.5 Å². The molecule has 3 rings (SSSR count). The van der Waals surface area contributed by atoms with Gasteiger partial charge in [-0.1, -0.05) is 18.7 Å². The number of hydrogen-bond donors (Lipinski definition) is 1. The largest absolute Gasteiger partial charge is 0.490 e. The molecule has 1 atom stereocenters. The number of likely N-dealkylation sites (tertiary alicyclic amines) is 1. The molecule has 0 spiro atoms. The van der Waals surface area contributed by atoms with Crippen LogP contribution in [0.15, 0.2) is 61.2 Å². The number of nitrogens with zero attached hydrogens (tertiary/aromatic N) is 1. The first kappa shape index (κ1) is 18.0. The van der Waals surface area contributed by atoms with Gasteiger partial charge in [0, 0.05) is 30.4 Å². The van der Waals surface area contributed by atoms with Gasteiger partial charge < -0.3 is 15.0 Å². The van der Waals surface area contributed by atoms with Gasteiger partial charge in [-0.25, -0.2) is 4.39 Å². The Hall–Kier alpha value is -2.82. The lowest BCUT2D eigenvalue weighted by Crippen LogP contribution is -2.45. The van der Waals surface area contributed by atoms with Gasteiger partial charge in [0.25, 0.3) is 5.91 Å². The van der Waals surface area contributed by atoms with Crippen LogP contribution < -0.4 is 10.1 Å². The summed E-state index contributed by atoms with van der Waals surface area (Å²) in [5.74, 6) is 0.406. The van der Waals surface area contributed by atoms with Gasteiger partial charge in [-0.05, 0) is 55.3 Å². The van der Waals surface area contributed by atoms with Gasteiger partial charge in [-0.2, -0.15) is 0 Å². The van der Waals surface area contributed by atoms with Crippen LogP contribution in [0, 0.1) is 5.82 Å². The lowest BCUT2D eigenvalue weighted by molar-refractivity contribution is 0.0714. The number of ether oxygens (including phenoxy) is 1. The Kier molecular flexibility index (Phi) is 5.89. The van der Waals surface area contributed by atoms with Crippen LogP contribution >= 0.6 is 0 Å². The van der Waals surface area contributed by atoms with E-state index in [1.165, 1.54) is 12.1 Å². The average Bonchev–Trinajstić information content (AvgIpc) is 2.68. The van der Waals surface area contributed by atoms with Crippen molar-refractivity contribution in [2.75, 3.05) is 25.0 Å². The van der Waals surface area contributed by atoms with Crippen molar-refractivity contribution in [3.63, 3.8) is 0 Å². The minimum atomic E-state index is -0.255. The standard InChI is InChI=1S/C21H23FN2O2/c1-2-13-26-20-7-3-5-16(14-20)21(25)24-12-4-6-19(15-24)23-18-10-8-17(22)9-11-18/h2-3,5,7-11,14,19,23H,1,4,6,12-13,15H2/t19-/m0/s1. The minimum Gasteiger partial charge on any atom is -0.490 e. The summed E-state index contributed by atoms with van der Waals surface area (Å²) >= 11 is 0. The van der Waals surface area contributed by atoms with Crippen molar-refractivity contribution in [3.05, 3.63) is 72.6 Å². The molecular formula is C21H23FN2O2. The predicted molar refractivity (Wildman–Crippen MR) is 101 cm³/mol. The average molecular weight is 354 g/mol. The molecule has 4 nitrogen and oxygen atoms in total. The molecule has 0 aromatic heterocycles. The van der Waals surface area contributed by atoms with Crippen LogP contribution in [0.5, 0.6) is 5.75 Å². The van der Waals surface area contributed by atoms with E-state index in [1.807, 2.05) is 17.0 Å². The summed E-state index contributed by atoms with van der Waals surface area (Å²) in [5, 5.41) is 3.39. The van der Waals surface area contributed by atoms with Crippen LogP contribution in [-0.2, 0) is 0 Å². The fraction of sp³-hybridized carbons (Fsp3) is 0.286. The maximum atomic E-state index is 13.0. The molecule has 0 bridgehead atoms. The van der Waals surface area contributed by atoms with E-state index in [-0.39, 0.29) is 17.8 Å². The molecule has 0 saturated carbocycles. The second-order valence-electron chi connectivity index (χ2n) is 6.37. The summed E-state index contributed by atoms with van der Waals surface area (Å²) in [5.41, 5.74) is 1.49. The molecule has 1 heterocycles. The van der Waals surface area contributed by atoms with E-state index in [1.54, 1.807) is 30.3 Å². The van der Waals surface area contributed by atoms with E-state index < -0.39 is 0 Å². The zero-order valence-corrected chi connectivity index (χ0v) is 14.7. The molecule has 5 heteroatoms. The highest BCUT2D eigenvalue weighted by atomic mass is 19.1. The highest BCUT2D eigenvalue weighted by Gasteiger charge is 2.24. The Balaban J connectivity index is 1.64. The summed E-state index contributed by atoms with van der Waals surface area (Å²) in [4.78, 5) is 14.7. The molecule has 26 heavy (non-hydrogen) atoms. The molecule has 0 aliphatic carbocycles. The summed E-state index contributed by atoms with van der Waals surface area (Å²) in [6.45, 7) is 5.39. The number of amides is 1. The predicted octanol–water partition coefficient (Wildman–Crippen LogP) is 4.11. The van der Waals surface area contributed by atoms with Gasteiger partial charge in [0.2, 0.25) is 0 Å². The van der Waals surface area contributed by atoms with E-state index in [2.05, 4.69) is 11.9 Å². The van der Waals surface area contributed by atoms with E-state index in [0.29, 0.717) is 24.5 Å². The lowest BCUT2D eigenvalue weighted by atomic mass is 10.0. The summed E-state index contributed by atoms with van der Waals surface area (Å²) < 4.78 is 18.5. The van der Waals surface area contributed by atoms with Crippen LogP contribution in [0.3, 0.4) is 0 Å². The Bertz CT molecular complexity index is 761. The van der Waals surface area contributed by atoms with Crippen LogP contribution in [0.25, 0.3) is 0 Å². The maximum Gasteiger partial charge on any atom is 0.254 e. The van der Waals surface area contributed by atoms with E-state index in [9.17, 15) is 9.18 Å². The van der Waals surface area contributed by atoms with E-state index in [4.69, 9.17) is 4.74 Å². The van der Waals surface area contributed by atoms with Crippen LogP contribution in [0.1, 0.15) is 23.2 Å². The number of anilines is 1. The third kappa shape index (κ3) is 4.63. The molecule has 2 aromatic rings. The molecule has 1 N–H and O–H groups in total. The second kappa shape index (κ2) is 8.52. The zero-order valence-electron chi connectivity index (χ0n) is 14.7. The van der Waals surface area contributed by atoms with Gasteiger partial charge in [0.15, 0.2) is 0 Å². The Labute approximate surface area is 153 Å². The second-order valence-corrected chi connectivity index (χ2v) is 6.37. The molecule has 1 fully saturated rings. The van der Waals surface area contributed by atoms with Crippen molar-refractivity contribution in [3.8, 4) is 5.75 Å². The van der Waals surface area contributed by atoms with Gasteiger partial charge >= 0.3 is 0 Å². The summed E-state index contributed by atoms with van der Waals surface area (Å²) in [7, 11) is 0. The van der Waals surface area contributed by atoms with Crippen molar-refractivity contribution in [2.24, 2.45) is 0 Å². The van der Waals surface area contributed by atoms with Gasteiger partial charge in [0.1, 0.15) is 18.2 Å². The molecule has 0 radical (unpaired) electrons. The zero-order chi connectivity index (χ0) is 18.4. The SMILES string of the molecule is C=CCOc1cccc(C(=O)N2CCC[C@H](Nc3ccc(F)cc3)C2)c1. The highest BCUT2D eigenvalue weighted by molar-refractivity contribution is 5.94. The number of carbonyl (C=O) groups is 1. The van der Waals surface area contributed by atoms with Crippen LogP contribution in [0.2, 0.25) is 0 Å². The van der Waals surface area contributed by atoms with Crippen molar-refractivity contribution < 1.29 is 13.9 Å². The summed E-state index contributed by atoms with van der Waals surface area (Å²) in [6.07, 6.45) is 3.58. The van der Waals surface area contributed by atoms with Crippen molar-refractivity contribution in [1.82, 2.24) is 4.90 Å². The van der Waals surface area contributed by atoms with Gasteiger partial charge in [-0.3, -0.25) is 4.79 Å². The van der Waals surface area contributed by atoms with Crippen LogP contribution in [0.4, 0.5) is 10.1 Å². The Morgan fingerprint density at radius 2 is 2.12 bits per heavy atom. The van der Waals surface area contributed by atoms with Gasteiger partial charge in [-0.15, -0.1) is 0 Å². The monoisotopic (exact) mass is 354 g/mol. The quantitative estimate of drug-likeness (QED) is 0.794. The van der Waals surface area contributed by atoms with E-state index in [0.717, 1.165) is 25.1 Å². The molecule has 0 unspecified atom stereocenters. The molecular weight excluding hydrogens is 331 g/mol. The molecule has 1 amide bonds. The number of benzene rings is 2. The fourth-order valence-electron chi connectivity index (χ4n) is 3.12. The fourth-order valence-corrected chi connectivity index (χ4v) is 3.12. The van der Waals surface area contributed by atoms with Crippen molar-refractivity contribution >= 4 is 11.6 Å². The number of rotatable bonds is 6. The third-order valence-corrected chi connectivity index (χ3v) is 4.37. The summed E-state index contributed by atoms with van der Waals surface area (Å²) in [6, 6.07) is 13.7. The highest BCUT2D eigenvalue weighted by Crippen LogP contribution is 2.20. The molecule has 1 aliphatic rings. The lowest BCUT2D eigenvalue weighted by Gasteiger charge is -2.33. The number of hydrogen-bond acceptors (Lipinski definition) is 3. The number of piperidine rings is 1. The maximum absolute atomic E-state index is 13.0. The van der Waals surface area contributed by atoms with Crippen molar-refractivity contribution in [1.29, 1.82) is 0 Å². The molecule has 136 valence electrons. The topological polar surface area (TPSA) is 41.6 Å². The number of nitrogens with one attached hydrogen (secondary N) is 1. The smallest absolute Gasteiger partial charge is 0.254 e. The van der Waals surface area contributed by atoms with Gasteiger partial charge in [0.05, 0.1) is 0 Å². The van der Waals surface area contributed by atoms with E-state index >= 15 is 0 Å². The number of halogens is 1. The van der Waals surface area contributed by atoms with Crippen molar-refractivity contribution in [2.45, 2.75) is 18.9 Å². The first-order valence-electron chi connectivity index (χ1n) is 8.81. The third-order valence-electron chi connectivity index (χ3n) is 4.37. The Morgan fingerprint density at radius 1 is 1.31 bits per heavy atom. The molecule has 2 aromatic carbocycles. The molecule has 1 aliphatic heterocycles. The first-order chi connectivity index (χ1) is 12.7. The Morgan fingerprint density at radius 3 is 2.88 bits per heavy atom. The minimum absolute atomic E-state index is 0.000316. The normalized spacial score (nSPS) is 16.8. The molecule has 1 saturated heterocycles. The number of carbonyl (C=O) groups excluding carboxylic acids is 1. The first-order valence-corrected chi connectivity index (χ1v) is 8.81.